The first kappa shape index (κ1) is 13.7. The number of rotatable bonds is 6. The van der Waals surface area contributed by atoms with Crippen molar-refractivity contribution in [3.05, 3.63) is 23.8 Å². The Morgan fingerprint density at radius 2 is 1.94 bits per heavy atom. The molecule has 0 aliphatic carbocycles. The molecule has 17 heavy (non-hydrogen) atoms. The average Bonchev–Trinajstić information content (AvgIpc) is 2.23. The van der Waals surface area contributed by atoms with Crippen LogP contribution in [0.25, 0.3) is 0 Å². The summed E-state index contributed by atoms with van der Waals surface area (Å²) in [7, 11) is 0. The number of hydrogen-bond donors (Lipinski definition) is 1. The Balaban J connectivity index is 2.41. The minimum absolute atomic E-state index is 0.00986. The van der Waals surface area contributed by atoms with Crippen LogP contribution in [0.2, 0.25) is 0 Å². The largest absolute Gasteiger partial charge is 0.489 e. The highest BCUT2D eigenvalue weighted by molar-refractivity contribution is 5.53. The minimum atomic E-state index is -0.817. The minimum Gasteiger partial charge on any atom is -0.489 e. The Morgan fingerprint density at radius 1 is 1.24 bits per heavy atom. The molecule has 0 spiro atoms. The molecule has 3 nitrogen and oxygen atoms in total. The van der Waals surface area contributed by atoms with Gasteiger partial charge < -0.3 is 15.2 Å². The van der Waals surface area contributed by atoms with Gasteiger partial charge in [-0.1, -0.05) is 13.8 Å². The van der Waals surface area contributed by atoms with Crippen LogP contribution in [-0.2, 0) is 4.74 Å². The Morgan fingerprint density at radius 3 is 2.59 bits per heavy atom. The van der Waals surface area contributed by atoms with E-state index in [4.69, 9.17) is 15.2 Å². The summed E-state index contributed by atoms with van der Waals surface area (Å²) in [5.41, 5.74) is 5.22. The molecule has 0 amide bonds. The summed E-state index contributed by atoms with van der Waals surface area (Å²) in [4.78, 5) is 0. The zero-order chi connectivity index (χ0) is 12.8. The van der Waals surface area contributed by atoms with Crippen LogP contribution in [0.15, 0.2) is 12.1 Å². The van der Waals surface area contributed by atoms with Gasteiger partial charge in [0.05, 0.1) is 6.61 Å². The number of nitrogen functional groups attached to an aromatic ring is 1. The highest BCUT2D eigenvalue weighted by Crippen LogP contribution is 2.25. The third kappa shape index (κ3) is 4.56. The van der Waals surface area contributed by atoms with Crippen molar-refractivity contribution in [3.63, 3.8) is 0 Å². The molecule has 0 saturated carbocycles. The first-order valence-corrected chi connectivity index (χ1v) is 5.45. The van der Waals surface area contributed by atoms with E-state index in [0.717, 1.165) is 12.1 Å². The summed E-state index contributed by atoms with van der Waals surface area (Å²) < 4.78 is 36.3. The fourth-order valence-corrected chi connectivity index (χ4v) is 1.21. The molecule has 0 aliphatic heterocycles. The van der Waals surface area contributed by atoms with E-state index in [9.17, 15) is 8.78 Å². The maximum Gasteiger partial charge on any atom is 0.152 e. The molecule has 0 bridgehead atoms. The highest BCUT2D eigenvalue weighted by atomic mass is 19.1. The van der Waals surface area contributed by atoms with Crippen molar-refractivity contribution < 1.29 is 18.3 Å². The molecule has 0 aliphatic rings. The van der Waals surface area contributed by atoms with Gasteiger partial charge in [-0.05, 0) is 5.92 Å². The second-order valence-corrected chi connectivity index (χ2v) is 4.12. The predicted molar refractivity (Wildman–Crippen MR) is 61.9 cm³/mol. The van der Waals surface area contributed by atoms with Crippen LogP contribution in [0, 0.1) is 17.6 Å². The number of halogens is 2. The second kappa shape index (κ2) is 6.39. The van der Waals surface area contributed by atoms with E-state index in [0.29, 0.717) is 19.1 Å². The van der Waals surface area contributed by atoms with E-state index in [2.05, 4.69) is 0 Å². The number of hydrogen-bond acceptors (Lipinski definition) is 3. The van der Waals surface area contributed by atoms with Gasteiger partial charge in [0.2, 0.25) is 0 Å². The number of benzene rings is 1. The van der Waals surface area contributed by atoms with Crippen molar-refractivity contribution >= 4 is 5.69 Å². The SMILES string of the molecule is CC(C)COCCOc1cc(F)cc(F)c1N. The molecule has 0 aromatic heterocycles. The van der Waals surface area contributed by atoms with E-state index in [1.54, 1.807) is 0 Å². The fourth-order valence-electron chi connectivity index (χ4n) is 1.21. The smallest absolute Gasteiger partial charge is 0.152 e. The molecule has 0 radical (unpaired) electrons. The lowest BCUT2D eigenvalue weighted by molar-refractivity contribution is 0.0819. The molecule has 5 heteroatoms. The van der Waals surface area contributed by atoms with Crippen molar-refractivity contribution in [2.75, 3.05) is 25.6 Å². The Labute approximate surface area is 99.5 Å². The van der Waals surface area contributed by atoms with Crippen LogP contribution in [0.4, 0.5) is 14.5 Å². The molecule has 1 aromatic rings. The average molecular weight is 245 g/mol. The summed E-state index contributed by atoms with van der Waals surface area (Å²) in [6.45, 7) is 5.24. The summed E-state index contributed by atoms with van der Waals surface area (Å²) >= 11 is 0. The van der Waals surface area contributed by atoms with Crippen LogP contribution in [0.1, 0.15) is 13.8 Å². The third-order valence-electron chi connectivity index (χ3n) is 1.99. The molecule has 0 heterocycles. The quantitative estimate of drug-likeness (QED) is 0.619. The van der Waals surface area contributed by atoms with E-state index in [1.807, 2.05) is 13.8 Å². The van der Waals surface area contributed by atoms with E-state index >= 15 is 0 Å². The lowest BCUT2D eigenvalue weighted by atomic mass is 10.2. The highest BCUT2D eigenvalue weighted by Gasteiger charge is 2.09. The topological polar surface area (TPSA) is 44.5 Å². The summed E-state index contributed by atoms with van der Waals surface area (Å²) in [6.07, 6.45) is 0. The number of ether oxygens (including phenoxy) is 2. The van der Waals surface area contributed by atoms with Gasteiger partial charge in [-0.15, -0.1) is 0 Å². The van der Waals surface area contributed by atoms with Crippen molar-refractivity contribution in [2.45, 2.75) is 13.8 Å². The molecule has 1 aromatic carbocycles. The van der Waals surface area contributed by atoms with Gasteiger partial charge >= 0.3 is 0 Å². The molecule has 0 atom stereocenters. The Kier molecular flexibility index (Phi) is 5.15. The van der Waals surface area contributed by atoms with Crippen LogP contribution in [-0.4, -0.2) is 19.8 Å². The maximum atomic E-state index is 13.0. The van der Waals surface area contributed by atoms with Crippen LogP contribution >= 0.6 is 0 Å². The molecule has 96 valence electrons. The standard InChI is InChI=1S/C12H17F2NO2/c1-8(2)7-16-3-4-17-11-6-9(13)5-10(14)12(11)15/h5-6,8H,3-4,7,15H2,1-2H3. The number of nitrogens with two attached hydrogens (primary N) is 1. The second-order valence-electron chi connectivity index (χ2n) is 4.12. The summed E-state index contributed by atoms with van der Waals surface area (Å²) in [5, 5.41) is 0. The van der Waals surface area contributed by atoms with Crippen molar-refractivity contribution in [2.24, 2.45) is 5.92 Å². The summed E-state index contributed by atoms with van der Waals surface area (Å²) in [6, 6.07) is 1.78. The Hall–Kier alpha value is -1.36. The molecule has 0 fully saturated rings. The summed E-state index contributed by atoms with van der Waals surface area (Å²) in [5.74, 6) is -1.08. The Bertz CT molecular complexity index is 370. The third-order valence-corrected chi connectivity index (χ3v) is 1.99. The van der Waals surface area contributed by atoms with Crippen LogP contribution in [0.3, 0.4) is 0 Å². The first-order valence-electron chi connectivity index (χ1n) is 5.45. The van der Waals surface area contributed by atoms with E-state index in [-0.39, 0.29) is 18.0 Å². The van der Waals surface area contributed by atoms with E-state index in [1.165, 1.54) is 0 Å². The van der Waals surface area contributed by atoms with Crippen molar-refractivity contribution in [1.29, 1.82) is 0 Å². The van der Waals surface area contributed by atoms with Gasteiger partial charge in [0.25, 0.3) is 0 Å². The van der Waals surface area contributed by atoms with Gasteiger partial charge in [0.15, 0.2) is 5.82 Å². The van der Waals surface area contributed by atoms with Crippen molar-refractivity contribution in [3.8, 4) is 5.75 Å². The first-order chi connectivity index (χ1) is 8.00. The monoisotopic (exact) mass is 245 g/mol. The normalized spacial score (nSPS) is 10.9. The molecule has 2 N–H and O–H groups in total. The molecular weight excluding hydrogens is 228 g/mol. The number of anilines is 1. The van der Waals surface area contributed by atoms with E-state index < -0.39 is 11.6 Å². The zero-order valence-electron chi connectivity index (χ0n) is 10.0. The lowest BCUT2D eigenvalue weighted by Gasteiger charge is -2.10. The molecule has 1 rings (SSSR count). The van der Waals surface area contributed by atoms with Crippen LogP contribution < -0.4 is 10.5 Å². The van der Waals surface area contributed by atoms with Gasteiger partial charge in [-0.3, -0.25) is 0 Å². The maximum absolute atomic E-state index is 13.0. The molecule has 0 unspecified atom stereocenters. The molecular formula is C12H17F2NO2. The van der Waals surface area contributed by atoms with Gasteiger partial charge in [0, 0.05) is 18.7 Å². The zero-order valence-corrected chi connectivity index (χ0v) is 10.0. The van der Waals surface area contributed by atoms with Crippen molar-refractivity contribution in [1.82, 2.24) is 0 Å². The lowest BCUT2D eigenvalue weighted by Crippen LogP contribution is -2.11. The van der Waals surface area contributed by atoms with Gasteiger partial charge in [0.1, 0.15) is 23.9 Å². The van der Waals surface area contributed by atoms with Gasteiger partial charge in [-0.2, -0.15) is 0 Å². The predicted octanol–water partition coefficient (Wildman–Crippen LogP) is 2.60. The molecule has 0 saturated heterocycles. The fraction of sp³-hybridized carbons (Fsp3) is 0.500. The van der Waals surface area contributed by atoms with Crippen LogP contribution in [0.5, 0.6) is 5.75 Å². The van der Waals surface area contributed by atoms with Gasteiger partial charge in [-0.25, -0.2) is 8.78 Å².